The van der Waals surface area contributed by atoms with Gasteiger partial charge in [0.25, 0.3) is 0 Å². The van der Waals surface area contributed by atoms with Gasteiger partial charge in [0.05, 0.1) is 17.3 Å². The molecule has 7 rings (SSSR count). The first-order chi connectivity index (χ1) is 23.3. The smallest absolute Gasteiger partial charge is 0.318 e. The van der Waals surface area contributed by atoms with Crippen molar-refractivity contribution in [1.82, 2.24) is 19.8 Å². The predicted octanol–water partition coefficient (Wildman–Crippen LogP) is 6.25. The molecule has 48 heavy (non-hydrogen) atoms. The maximum Gasteiger partial charge on any atom is 0.318 e. The summed E-state index contributed by atoms with van der Waals surface area (Å²) < 4.78 is 6.51. The molecule has 0 N–H and O–H groups in total. The number of nitrogens with zero attached hydrogens (tertiary/aromatic N) is 7. The summed E-state index contributed by atoms with van der Waals surface area (Å²) in [7, 11) is 2.19. The van der Waals surface area contributed by atoms with Crippen LogP contribution in [0.15, 0.2) is 49.1 Å². The predicted molar refractivity (Wildman–Crippen MR) is 192 cm³/mol. The Labute approximate surface area is 289 Å². The SMILES string of the molecule is [C-]#[N+]C[C@H]1CN(c2nc(O[C@@H](C)CN(C)CC3CC4(CCC4)C3)nc3c2CCN(c2cccc4cccc(Cl)c24)C3)CCN1C(=O)C=C. The van der Waals surface area contributed by atoms with Gasteiger partial charge in [-0.05, 0) is 81.0 Å². The molecule has 1 aromatic heterocycles. The lowest BCUT2D eigenvalue weighted by Crippen LogP contribution is -2.56. The summed E-state index contributed by atoms with van der Waals surface area (Å²) in [5.41, 5.74) is 3.83. The molecule has 1 spiro atoms. The van der Waals surface area contributed by atoms with E-state index in [0.29, 0.717) is 37.6 Å². The molecule has 252 valence electrons. The number of anilines is 2. The van der Waals surface area contributed by atoms with Crippen molar-refractivity contribution < 1.29 is 9.53 Å². The number of hydrogen-bond acceptors (Lipinski definition) is 7. The lowest BCUT2D eigenvalue weighted by Gasteiger charge is -2.55. The van der Waals surface area contributed by atoms with Gasteiger partial charge >= 0.3 is 6.01 Å². The van der Waals surface area contributed by atoms with E-state index in [0.717, 1.165) is 70.5 Å². The Kier molecular flexibility index (Phi) is 9.23. The summed E-state index contributed by atoms with van der Waals surface area (Å²) in [4.78, 5) is 35.2. The minimum Gasteiger partial charge on any atom is -0.459 e. The lowest BCUT2D eigenvalue weighted by molar-refractivity contribution is -0.128. The topological polar surface area (TPSA) is 69.4 Å². The van der Waals surface area contributed by atoms with Crippen LogP contribution in [0.4, 0.5) is 11.5 Å². The van der Waals surface area contributed by atoms with Crippen molar-refractivity contribution in [2.45, 2.75) is 64.1 Å². The fraction of sp³-hybridized carbons (Fsp3) is 0.526. The second kappa shape index (κ2) is 13.6. The monoisotopic (exact) mass is 667 g/mol. The average Bonchev–Trinajstić information content (AvgIpc) is 3.04. The number of carbonyl (C=O) groups excluding carboxylic acids is 1. The molecule has 3 heterocycles. The number of carbonyl (C=O) groups is 1. The summed E-state index contributed by atoms with van der Waals surface area (Å²) in [5, 5.41) is 2.90. The molecule has 9 nitrogen and oxygen atoms in total. The third-order valence-electron chi connectivity index (χ3n) is 11.0. The molecule has 0 unspecified atom stereocenters. The van der Waals surface area contributed by atoms with Crippen LogP contribution in [0.5, 0.6) is 6.01 Å². The minimum absolute atomic E-state index is 0.0906. The lowest BCUT2D eigenvalue weighted by atomic mass is 9.52. The van der Waals surface area contributed by atoms with Crippen molar-refractivity contribution in [3.05, 3.63) is 76.8 Å². The number of ether oxygens (including phenoxy) is 1. The standard InChI is InChI=1S/C38H46ClN7O2/c1-5-34(47)46-18-17-45(24-29(46)21-40-3)36-30-13-16-44(33-12-7-10-28-9-6-11-31(39)35(28)33)25-32(30)41-37(42-36)48-26(2)22-43(4)23-27-19-38(20-27)14-8-15-38/h5-7,9-12,26-27,29H,1,8,13-25H2,2,4H3/t26-,29-/m0/s1. The molecule has 3 fully saturated rings. The highest BCUT2D eigenvalue weighted by Gasteiger charge is 2.48. The quantitative estimate of drug-likeness (QED) is 0.187. The summed E-state index contributed by atoms with van der Waals surface area (Å²) in [6.45, 7) is 18.5. The Balaban J connectivity index is 1.14. The molecule has 2 aliphatic carbocycles. The molecule has 0 radical (unpaired) electrons. The molecular formula is C38H46ClN7O2. The first kappa shape index (κ1) is 32.7. The van der Waals surface area contributed by atoms with Crippen LogP contribution in [0.1, 0.15) is 50.3 Å². The molecule has 3 aromatic rings. The number of benzene rings is 2. The summed E-state index contributed by atoms with van der Waals surface area (Å²) in [6.07, 6.45) is 9.02. The highest BCUT2D eigenvalue weighted by atomic mass is 35.5. The van der Waals surface area contributed by atoms with Crippen molar-refractivity contribution in [3.63, 3.8) is 0 Å². The number of piperazine rings is 1. The number of rotatable bonds is 10. The summed E-state index contributed by atoms with van der Waals surface area (Å²) in [6, 6.07) is 12.5. The maximum atomic E-state index is 12.6. The first-order valence-electron chi connectivity index (χ1n) is 17.4. The van der Waals surface area contributed by atoms with E-state index in [-0.39, 0.29) is 24.6 Å². The van der Waals surface area contributed by atoms with Gasteiger partial charge in [0.15, 0.2) is 0 Å². The Morgan fingerprint density at radius 2 is 1.98 bits per heavy atom. The molecule has 1 amide bonds. The van der Waals surface area contributed by atoms with Gasteiger partial charge in [-0.2, -0.15) is 9.97 Å². The summed E-state index contributed by atoms with van der Waals surface area (Å²) >= 11 is 6.75. The van der Waals surface area contributed by atoms with Crippen molar-refractivity contribution in [1.29, 1.82) is 0 Å². The first-order valence-corrected chi connectivity index (χ1v) is 17.8. The highest BCUT2D eigenvalue weighted by molar-refractivity contribution is 6.36. The van der Waals surface area contributed by atoms with Gasteiger partial charge in [-0.15, -0.1) is 0 Å². The van der Waals surface area contributed by atoms with Gasteiger partial charge in [-0.25, -0.2) is 6.57 Å². The second-order valence-electron chi connectivity index (χ2n) is 14.5. The number of fused-ring (bicyclic) bond motifs is 2. The molecule has 2 atom stereocenters. The number of hydrogen-bond donors (Lipinski definition) is 0. The van der Waals surface area contributed by atoms with Gasteiger partial charge in [0.2, 0.25) is 12.5 Å². The third-order valence-corrected chi connectivity index (χ3v) is 11.4. The van der Waals surface area contributed by atoms with Crippen LogP contribution in [0.3, 0.4) is 0 Å². The van der Waals surface area contributed by atoms with Crippen molar-refractivity contribution in [2.24, 2.45) is 11.3 Å². The average molecular weight is 668 g/mol. The zero-order valence-corrected chi connectivity index (χ0v) is 29.0. The van der Waals surface area contributed by atoms with Gasteiger partial charge in [0, 0.05) is 55.9 Å². The Morgan fingerprint density at radius 1 is 1.19 bits per heavy atom. The van der Waals surface area contributed by atoms with Crippen LogP contribution >= 0.6 is 11.6 Å². The highest BCUT2D eigenvalue weighted by Crippen LogP contribution is 2.58. The van der Waals surface area contributed by atoms with Crippen LogP contribution in [0.2, 0.25) is 5.02 Å². The van der Waals surface area contributed by atoms with Crippen LogP contribution in [-0.4, -0.2) is 90.7 Å². The van der Waals surface area contributed by atoms with E-state index < -0.39 is 0 Å². The van der Waals surface area contributed by atoms with Gasteiger partial charge in [0.1, 0.15) is 18.0 Å². The summed E-state index contributed by atoms with van der Waals surface area (Å²) in [5.74, 6) is 1.51. The van der Waals surface area contributed by atoms with Crippen molar-refractivity contribution in [3.8, 4) is 6.01 Å². The number of likely N-dealkylation sites (N-methyl/N-ethyl adjacent to an activating group) is 1. The van der Waals surface area contributed by atoms with Crippen LogP contribution in [-0.2, 0) is 17.8 Å². The second-order valence-corrected chi connectivity index (χ2v) is 14.9. The maximum absolute atomic E-state index is 12.6. The van der Waals surface area contributed by atoms with Gasteiger partial charge in [-0.1, -0.05) is 48.9 Å². The fourth-order valence-electron chi connectivity index (χ4n) is 8.72. The number of amides is 1. The largest absolute Gasteiger partial charge is 0.459 e. The molecular weight excluding hydrogens is 622 g/mol. The molecule has 0 bridgehead atoms. The van der Waals surface area contributed by atoms with E-state index in [1.54, 1.807) is 4.90 Å². The Morgan fingerprint density at radius 3 is 2.71 bits per heavy atom. The third kappa shape index (κ3) is 6.45. The van der Waals surface area contributed by atoms with Crippen molar-refractivity contribution in [2.75, 3.05) is 62.7 Å². The number of halogens is 1. The van der Waals surface area contributed by atoms with Crippen LogP contribution < -0.4 is 14.5 Å². The molecule has 2 aliphatic heterocycles. The molecule has 10 heteroatoms. The van der Waals surface area contributed by atoms with E-state index in [1.165, 1.54) is 38.2 Å². The van der Waals surface area contributed by atoms with Crippen LogP contribution in [0, 0.1) is 17.9 Å². The Bertz CT molecular complexity index is 1720. The Hall–Kier alpha value is -3.87. The molecule has 1 saturated heterocycles. The van der Waals surface area contributed by atoms with Gasteiger partial charge < -0.3 is 29.2 Å². The normalized spacial score (nSPS) is 21.0. The zero-order valence-electron chi connectivity index (χ0n) is 28.2. The minimum atomic E-state index is -0.243. The van der Waals surface area contributed by atoms with Crippen molar-refractivity contribution >= 4 is 39.8 Å². The van der Waals surface area contributed by atoms with E-state index >= 15 is 0 Å². The van der Waals surface area contributed by atoms with E-state index in [1.807, 2.05) is 12.1 Å². The van der Waals surface area contributed by atoms with E-state index in [2.05, 4.69) is 64.4 Å². The van der Waals surface area contributed by atoms with Gasteiger partial charge in [-0.3, -0.25) is 4.79 Å². The molecule has 4 aliphatic rings. The number of aromatic nitrogens is 2. The zero-order chi connectivity index (χ0) is 33.4. The van der Waals surface area contributed by atoms with E-state index in [4.69, 9.17) is 32.9 Å². The van der Waals surface area contributed by atoms with Crippen LogP contribution in [0.25, 0.3) is 15.6 Å². The molecule has 2 saturated carbocycles. The van der Waals surface area contributed by atoms with E-state index in [9.17, 15) is 4.79 Å². The molecule has 2 aromatic carbocycles. The fourth-order valence-corrected chi connectivity index (χ4v) is 8.99.